The summed E-state index contributed by atoms with van der Waals surface area (Å²) in [5, 5.41) is 7.06. The Balaban J connectivity index is -0.000000125. The van der Waals surface area contributed by atoms with Crippen LogP contribution in [0.3, 0.4) is 0 Å². The van der Waals surface area contributed by atoms with Crippen molar-refractivity contribution in [2.75, 3.05) is 0 Å². The van der Waals surface area contributed by atoms with Crippen molar-refractivity contribution in [1.82, 2.24) is 0 Å². The Hall–Kier alpha value is 1.12. The Morgan fingerprint density at radius 3 is 1.50 bits per heavy atom. The van der Waals surface area contributed by atoms with Gasteiger partial charge in [-0.1, -0.05) is 4.33 Å². The van der Waals surface area contributed by atoms with Crippen molar-refractivity contribution in [2.24, 2.45) is 0 Å². The molecule has 0 aromatic rings. The molecule has 0 saturated carbocycles. The molecule has 0 heterocycles. The fraction of sp³-hybridized carbons (Fsp3) is 0. The van der Waals surface area contributed by atoms with Crippen LogP contribution in [0.25, 0.3) is 0 Å². The topological polar surface area (TPSA) is 83.8 Å². The molecule has 48 valence electrons. The molecule has 0 aromatic heterocycles. The van der Waals surface area contributed by atoms with Gasteiger partial charge in [-0.25, -0.2) is 5.26 Å². The first-order valence-electron chi connectivity index (χ1n) is 0.865. The molecular weight excluding hydrogens is 171 g/mol. The van der Waals surface area contributed by atoms with Gasteiger partial charge in [0.25, 0.3) is 0 Å². The van der Waals surface area contributed by atoms with E-state index in [1.54, 1.807) is 0 Å². The molecule has 0 radical (unpaired) electrons. The van der Waals surface area contributed by atoms with E-state index in [0.717, 1.165) is 0 Å². The van der Waals surface area contributed by atoms with Crippen molar-refractivity contribution in [2.45, 2.75) is 0 Å². The first-order chi connectivity index (χ1) is 2.56. The molecule has 0 aromatic carbocycles. The summed E-state index contributed by atoms with van der Waals surface area (Å²) in [6.45, 7) is 0. The first-order valence-corrected chi connectivity index (χ1v) is 2.23. The summed E-state index contributed by atoms with van der Waals surface area (Å²) in [5.74, 6) is 0. The molecule has 0 atom stereocenters. The summed E-state index contributed by atoms with van der Waals surface area (Å²) in [5.41, 5.74) is 0. The molecule has 0 aliphatic heterocycles. The first kappa shape index (κ1) is 16.1. The Bertz CT molecular complexity index is 114. The van der Waals surface area contributed by atoms with E-state index in [0.29, 0.717) is 0 Å². The van der Waals surface area contributed by atoms with Crippen LogP contribution >= 0.6 is 12.4 Å². The van der Waals surface area contributed by atoms with Crippen molar-refractivity contribution in [1.29, 1.82) is 0 Å². The van der Waals surface area contributed by atoms with Crippen LogP contribution < -0.4 is 0 Å². The Morgan fingerprint density at radius 1 is 1.38 bits per heavy atom. The van der Waals surface area contributed by atoms with Crippen LogP contribution in [0.2, 0.25) is 0 Å². The Kier molecular flexibility index (Phi) is 12.5. The summed E-state index contributed by atoms with van der Waals surface area (Å²) < 4.78 is 28.0. The second kappa shape index (κ2) is 6.24. The molecule has 8 heteroatoms. The third-order valence-corrected chi connectivity index (χ3v) is 0.283. The van der Waals surface area contributed by atoms with Crippen molar-refractivity contribution in [3.63, 3.8) is 0 Å². The molecule has 0 rings (SSSR count). The number of halogens is 1. The van der Waals surface area contributed by atoms with Gasteiger partial charge in [-0.2, -0.15) is 8.42 Å². The summed E-state index contributed by atoms with van der Waals surface area (Å²) in [4.78, 5) is 0. The molecule has 0 aliphatic carbocycles. The fourth-order valence-corrected chi connectivity index (χ4v) is 0. The van der Waals surface area contributed by atoms with E-state index in [4.69, 9.17) is 18.2 Å². The second-order valence-electron chi connectivity index (χ2n) is 0.502. The van der Waals surface area contributed by atoms with Gasteiger partial charge in [0, 0.05) is 0 Å². The standard InChI is InChI=1S/ClH.Na.H2O5S.H/c;;1-5-6(2,3)4;/h1H;;1H,(H,2,3,4);. The predicted octanol–water partition coefficient (Wildman–Crippen LogP) is -0.948. The van der Waals surface area contributed by atoms with Crippen LogP contribution in [0, 0.1) is 0 Å². The molecule has 0 fully saturated rings. The second-order valence-corrected chi connectivity index (χ2v) is 1.51. The van der Waals surface area contributed by atoms with Gasteiger partial charge in [0.1, 0.15) is 0 Å². The van der Waals surface area contributed by atoms with E-state index in [-0.39, 0.29) is 42.0 Å². The Labute approximate surface area is 74.6 Å². The third kappa shape index (κ3) is 15.7. The number of rotatable bonds is 1. The van der Waals surface area contributed by atoms with Gasteiger partial charge in [0.15, 0.2) is 0 Å². The molecule has 0 bridgehead atoms. The minimum atomic E-state index is -4.61. The predicted molar refractivity (Wildman–Crippen MR) is 29.7 cm³/mol. The van der Waals surface area contributed by atoms with Crippen LogP contribution in [0.5, 0.6) is 0 Å². The average molecular weight is 175 g/mol. The van der Waals surface area contributed by atoms with Gasteiger partial charge in [-0.3, -0.25) is 4.55 Å². The normalized spacial score (nSPS) is 8.75. The zero-order valence-electron chi connectivity index (χ0n) is 2.94. The average Bonchev–Trinajstić information content (AvgIpc) is 1.35. The molecule has 0 saturated heterocycles. The van der Waals surface area contributed by atoms with E-state index in [1.807, 2.05) is 0 Å². The molecule has 2 N–H and O–H groups in total. The third-order valence-electron chi connectivity index (χ3n) is 0.0942. The number of hydrogen-bond acceptors (Lipinski definition) is 4. The zero-order chi connectivity index (χ0) is 5.21. The minimum absolute atomic E-state index is 0. The van der Waals surface area contributed by atoms with Crippen molar-refractivity contribution in [3.8, 4) is 0 Å². The van der Waals surface area contributed by atoms with E-state index in [9.17, 15) is 0 Å². The summed E-state index contributed by atoms with van der Waals surface area (Å²) in [7, 11) is -4.61. The Morgan fingerprint density at radius 2 is 1.50 bits per heavy atom. The van der Waals surface area contributed by atoms with Gasteiger partial charge in [0.2, 0.25) is 0 Å². The van der Waals surface area contributed by atoms with Gasteiger partial charge >= 0.3 is 40.0 Å². The quantitative estimate of drug-likeness (QED) is 0.232. The molecular formula is H4ClNaO5S. The summed E-state index contributed by atoms with van der Waals surface area (Å²) >= 11 is 0. The van der Waals surface area contributed by atoms with E-state index in [1.165, 1.54) is 0 Å². The van der Waals surface area contributed by atoms with Crippen LogP contribution in [0.4, 0.5) is 0 Å². The summed E-state index contributed by atoms with van der Waals surface area (Å²) in [6.07, 6.45) is 0. The van der Waals surface area contributed by atoms with Crippen LogP contribution in [0.1, 0.15) is 0 Å². The van der Waals surface area contributed by atoms with Crippen molar-refractivity contribution >= 4 is 52.4 Å². The molecule has 8 heavy (non-hydrogen) atoms. The maximum absolute atomic E-state index is 9.08. The van der Waals surface area contributed by atoms with Gasteiger partial charge in [0.05, 0.1) is 0 Å². The molecule has 0 spiro atoms. The monoisotopic (exact) mass is 174 g/mol. The summed E-state index contributed by atoms with van der Waals surface area (Å²) in [6, 6.07) is 0. The van der Waals surface area contributed by atoms with Gasteiger partial charge in [-0.15, -0.1) is 12.4 Å². The maximum atomic E-state index is 9.08. The van der Waals surface area contributed by atoms with Crippen LogP contribution in [-0.2, 0) is 14.7 Å². The SMILES string of the molecule is Cl.O=S(=O)(O)OO.[NaH]. The molecule has 5 nitrogen and oxygen atoms in total. The van der Waals surface area contributed by atoms with Crippen LogP contribution in [-0.4, -0.2) is 47.8 Å². The van der Waals surface area contributed by atoms with Gasteiger partial charge in [-0.05, 0) is 0 Å². The molecule has 0 unspecified atom stereocenters. The van der Waals surface area contributed by atoms with Crippen molar-refractivity contribution < 1.29 is 22.6 Å². The van der Waals surface area contributed by atoms with E-state index in [2.05, 4.69) is 4.33 Å². The zero-order valence-corrected chi connectivity index (χ0v) is 4.57. The van der Waals surface area contributed by atoms with E-state index < -0.39 is 10.4 Å². The number of hydrogen-bond donors (Lipinski definition) is 2. The molecule has 0 aliphatic rings. The van der Waals surface area contributed by atoms with Gasteiger partial charge < -0.3 is 0 Å². The van der Waals surface area contributed by atoms with Crippen molar-refractivity contribution in [3.05, 3.63) is 0 Å². The fourth-order valence-electron chi connectivity index (χ4n) is 0. The molecule has 0 amide bonds. The van der Waals surface area contributed by atoms with Crippen LogP contribution in [0.15, 0.2) is 0 Å². The van der Waals surface area contributed by atoms with E-state index >= 15 is 0 Å².